The molecule has 4 rings (SSSR count). The number of rotatable bonds is 5. The van der Waals surface area contributed by atoms with Crippen LogP contribution in [0.4, 0.5) is 14.9 Å². The number of carbonyl (C=O) groups excluding carboxylic acids is 2. The van der Waals surface area contributed by atoms with E-state index < -0.39 is 11.9 Å². The lowest BCUT2D eigenvalue weighted by Gasteiger charge is -2.15. The fourth-order valence-electron chi connectivity index (χ4n) is 4.01. The Bertz CT molecular complexity index is 1200. The number of nitrogens with zero attached hydrogens (tertiary/aromatic N) is 4. The Hall–Kier alpha value is -3.40. The number of alkyl carbamates (subject to hydrolysis) is 1. The lowest BCUT2D eigenvalue weighted by atomic mass is 10.1. The summed E-state index contributed by atoms with van der Waals surface area (Å²) in [4.78, 5) is 29.3. The highest BCUT2D eigenvalue weighted by atomic mass is 35.5. The first-order valence-electron chi connectivity index (χ1n) is 9.97. The minimum atomic E-state index is -0.578. The quantitative estimate of drug-likeness (QED) is 0.607. The molecule has 0 radical (unpaired) electrons. The van der Waals surface area contributed by atoms with Gasteiger partial charge in [-0.3, -0.25) is 9.48 Å². The Balaban J connectivity index is 1.48. The van der Waals surface area contributed by atoms with Gasteiger partial charge in [-0.15, -0.1) is 0 Å². The number of benzene rings is 1. The van der Waals surface area contributed by atoms with Gasteiger partial charge in [-0.2, -0.15) is 5.10 Å². The molecule has 0 saturated heterocycles. The van der Waals surface area contributed by atoms with E-state index in [0.717, 1.165) is 16.8 Å². The average Bonchev–Trinajstić information content (AvgIpc) is 3.41. The lowest BCUT2D eigenvalue weighted by Crippen LogP contribution is -2.28. The summed E-state index contributed by atoms with van der Waals surface area (Å²) < 4.78 is 22.0. The second kappa shape index (κ2) is 8.62. The predicted molar refractivity (Wildman–Crippen MR) is 115 cm³/mol. The van der Waals surface area contributed by atoms with Gasteiger partial charge < -0.3 is 19.9 Å². The number of anilines is 1. The highest BCUT2D eigenvalue weighted by Gasteiger charge is 2.34. The molecule has 1 aliphatic carbocycles. The van der Waals surface area contributed by atoms with Crippen molar-refractivity contribution in [2.45, 2.75) is 32.4 Å². The number of hydrogen-bond acceptors (Lipinski definition) is 5. The summed E-state index contributed by atoms with van der Waals surface area (Å²) in [6.45, 7) is 1.86. The van der Waals surface area contributed by atoms with Crippen molar-refractivity contribution >= 4 is 29.3 Å². The third-order valence-electron chi connectivity index (χ3n) is 5.53. The lowest BCUT2D eigenvalue weighted by molar-refractivity contribution is 0.101. The van der Waals surface area contributed by atoms with Crippen LogP contribution in [0.2, 0.25) is 5.02 Å². The molecule has 3 aromatic rings. The third-order valence-corrected chi connectivity index (χ3v) is 5.82. The van der Waals surface area contributed by atoms with Crippen molar-refractivity contribution in [2.24, 2.45) is 14.1 Å². The van der Waals surface area contributed by atoms with Crippen molar-refractivity contribution in [3.8, 4) is 0 Å². The average molecular weight is 461 g/mol. The van der Waals surface area contributed by atoms with Crippen molar-refractivity contribution in [2.75, 3.05) is 5.32 Å². The van der Waals surface area contributed by atoms with Crippen molar-refractivity contribution in [3.63, 3.8) is 0 Å². The molecule has 2 amide bonds. The van der Waals surface area contributed by atoms with Crippen LogP contribution >= 0.6 is 11.6 Å². The summed E-state index contributed by atoms with van der Waals surface area (Å²) in [7, 11) is 3.52. The Kier molecular flexibility index (Phi) is 5.88. The maximum absolute atomic E-state index is 13.4. The van der Waals surface area contributed by atoms with Crippen molar-refractivity contribution in [1.29, 1.82) is 0 Å². The number of hydrogen-bond donors (Lipinski definition) is 2. The number of halogens is 2. The van der Waals surface area contributed by atoms with Crippen molar-refractivity contribution in [1.82, 2.24) is 24.6 Å². The molecule has 1 atom stereocenters. The summed E-state index contributed by atoms with van der Waals surface area (Å²) >= 11 is 5.81. The van der Waals surface area contributed by atoms with Gasteiger partial charge in [0.1, 0.15) is 17.8 Å². The van der Waals surface area contributed by atoms with Gasteiger partial charge in [-0.1, -0.05) is 11.6 Å². The zero-order valence-corrected chi connectivity index (χ0v) is 18.5. The number of amides is 2. The maximum Gasteiger partial charge on any atom is 0.408 e. The fourth-order valence-corrected chi connectivity index (χ4v) is 4.19. The fraction of sp³-hybridized carbons (Fsp3) is 0.333. The normalized spacial score (nSPS) is 14.8. The van der Waals surface area contributed by atoms with Crippen LogP contribution in [-0.4, -0.2) is 31.3 Å². The van der Waals surface area contributed by atoms with Gasteiger partial charge in [-0.05, 0) is 49.1 Å². The van der Waals surface area contributed by atoms with Crippen LogP contribution in [0.15, 0.2) is 24.5 Å². The standard InChI is InChI=1S/C21H22ClFN6O3/c1-11-18-13(5-7-16(18)26-21(31)32-9-17-24-10-28(2)27-17)19(29(11)3)20(30)25-12-4-6-15(23)14(22)8-12/h4,6,8,10,16H,5,7,9H2,1-3H3,(H,25,30)(H,26,31). The van der Waals surface area contributed by atoms with E-state index in [2.05, 4.69) is 20.7 Å². The molecule has 11 heteroatoms. The second-order valence-corrected chi connectivity index (χ2v) is 8.02. The van der Waals surface area contributed by atoms with Gasteiger partial charge in [0.15, 0.2) is 12.4 Å². The van der Waals surface area contributed by atoms with E-state index in [1.54, 1.807) is 18.7 Å². The van der Waals surface area contributed by atoms with E-state index >= 15 is 0 Å². The van der Waals surface area contributed by atoms with Gasteiger partial charge >= 0.3 is 6.09 Å². The zero-order valence-electron chi connectivity index (χ0n) is 17.8. The molecule has 1 aliphatic rings. The molecule has 0 spiro atoms. The van der Waals surface area contributed by atoms with Crippen LogP contribution in [0, 0.1) is 12.7 Å². The maximum atomic E-state index is 13.4. The first-order valence-corrected chi connectivity index (χ1v) is 10.3. The van der Waals surface area contributed by atoms with E-state index in [0.29, 0.717) is 30.0 Å². The molecule has 168 valence electrons. The number of ether oxygens (including phenoxy) is 1. The summed E-state index contributed by atoms with van der Waals surface area (Å²) in [5.74, 6) is -0.477. The number of carbonyl (C=O) groups is 2. The molecule has 32 heavy (non-hydrogen) atoms. The van der Waals surface area contributed by atoms with E-state index in [-0.39, 0.29) is 23.6 Å². The monoisotopic (exact) mass is 460 g/mol. The van der Waals surface area contributed by atoms with Gasteiger partial charge in [0.25, 0.3) is 5.91 Å². The molecule has 0 bridgehead atoms. The largest absolute Gasteiger partial charge is 0.441 e. The zero-order chi connectivity index (χ0) is 23.0. The summed E-state index contributed by atoms with van der Waals surface area (Å²) in [5, 5.41) is 9.63. The first-order chi connectivity index (χ1) is 15.2. The molecule has 0 fully saturated rings. The second-order valence-electron chi connectivity index (χ2n) is 7.61. The number of fused-ring (bicyclic) bond motifs is 1. The van der Waals surface area contributed by atoms with Gasteiger partial charge in [0.05, 0.1) is 11.1 Å². The number of aromatic nitrogens is 4. The summed E-state index contributed by atoms with van der Waals surface area (Å²) in [6, 6.07) is 3.74. The van der Waals surface area contributed by atoms with Gasteiger partial charge in [-0.25, -0.2) is 14.2 Å². The molecule has 2 aromatic heterocycles. The predicted octanol–water partition coefficient (Wildman–Crippen LogP) is 3.42. The Morgan fingerprint density at radius 1 is 1.34 bits per heavy atom. The minimum Gasteiger partial charge on any atom is -0.441 e. The Labute approximate surface area is 188 Å². The van der Waals surface area contributed by atoms with E-state index in [1.807, 2.05) is 6.92 Å². The summed E-state index contributed by atoms with van der Waals surface area (Å²) in [6.07, 6.45) is 2.22. The number of aryl methyl sites for hydroxylation is 1. The molecule has 2 heterocycles. The highest BCUT2D eigenvalue weighted by Crippen LogP contribution is 2.38. The van der Waals surface area contributed by atoms with E-state index in [4.69, 9.17) is 16.3 Å². The smallest absolute Gasteiger partial charge is 0.408 e. The Morgan fingerprint density at radius 2 is 2.12 bits per heavy atom. The molecular formula is C21H22ClFN6O3. The van der Waals surface area contributed by atoms with Crippen molar-refractivity contribution in [3.05, 3.63) is 63.7 Å². The van der Waals surface area contributed by atoms with Crippen LogP contribution in [0.25, 0.3) is 0 Å². The number of nitrogens with one attached hydrogen (secondary N) is 2. The molecule has 9 nitrogen and oxygen atoms in total. The van der Waals surface area contributed by atoms with Crippen LogP contribution in [0.5, 0.6) is 0 Å². The first kappa shape index (κ1) is 21.8. The van der Waals surface area contributed by atoms with Crippen LogP contribution in [0.1, 0.15) is 45.6 Å². The van der Waals surface area contributed by atoms with Gasteiger partial charge in [0, 0.05) is 25.5 Å². The minimum absolute atomic E-state index is 0.0338. The van der Waals surface area contributed by atoms with Crippen molar-refractivity contribution < 1.29 is 18.7 Å². The van der Waals surface area contributed by atoms with Gasteiger partial charge in [0.2, 0.25) is 0 Å². The molecule has 2 N–H and O–H groups in total. The summed E-state index contributed by atoms with van der Waals surface area (Å²) in [5.41, 5.74) is 3.54. The van der Waals surface area contributed by atoms with Crippen LogP contribution in [-0.2, 0) is 31.9 Å². The van der Waals surface area contributed by atoms with E-state index in [1.165, 1.54) is 29.2 Å². The highest BCUT2D eigenvalue weighted by molar-refractivity contribution is 6.31. The topological polar surface area (TPSA) is 103 Å². The SMILES string of the molecule is Cc1c2c(c(C(=O)Nc3ccc(F)c(Cl)c3)n1C)CCC2NC(=O)OCc1ncn(C)n1. The third kappa shape index (κ3) is 4.18. The molecular weight excluding hydrogens is 439 g/mol. The van der Waals surface area contributed by atoms with Crippen LogP contribution < -0.4 is 10.6 Å². The molecule has 1 unspecified atom stereocenters. The van der Waals surface area contributed by atoms with E-state index in [9.17, 15) is 14.0 Å². The van der Waals surface area contributed by atoms with Crippen LogP contribution in [0.3, 0.4) is 0 Å². The molecule has 0 aliphatic heterocycles. The molecule has 0 saturated carbocycles. The molecule has 1 aromatic carbocycles. The Morgan fingerprint density at radius 3 is 2.81 bits per heavy atom.